The zero-order valence-electron chi connectivity index (χ0n) is 14.0. The Balaban J connectivity index is 1.43. The first-order valence-corrected chi connectivity index (χ1v) is 10.5. The number of hydrogen-bond acceptors (Lipinski definition) is 7. The molecule has 8 nitrogen and oxygen atoms in total. The largest absolute Gasteiger partial charge is 0.456 e. The number of thiazole rings is 1. The zero-order valence-corrected chi connectivity index (χ0v) is 15.6. The molecular formula is C17H15N3O5S2. The number of rotatable bonds is 6. The van der Waals surface area contributed by atoms with Crippen molar-refractivity contribution in [3.8, 4) is 0 Å². The van der Waals surface area contributed by atoms with E-state index in [0.717, 1.165) is 12.8 Å². The van der Waals surface area contributed by atoms with Gasteiger partial charge in [-0.1, -0.05) is 0 Å². The Hall–Kier alpha value is -2.56. The molecule has 0 bridgehead atoms. The third-order valence-corrected chi connectivity index (χ3v) is 6.30. The molecule has 1 aliphatic carbocycles. The number of aromatic nitrogens is 2. The van der Waals surface area contributed by atoms with Gasteiger partial charge in [0.2, 0.25) is 10.0 Å². The van der Waals surface area contributed by atoms with Crippen LogP contribution in [0.3, 0.4) is 0 Å². The predicted octanol–water partition coefficient (Wildman–Crippen LogP) is 1.55. The maximum atomic E-state index is 12.2. The summed E-state index contributed by atoms with van der Waals surface area (Å²) < 4.78 is 33.4. The molecule has 1 fully saturated rings. The molecule has 2 heterocycles. The summed E-state index contributed by atoms with van der Waals surface area (Å²) in [5, 5.41) is 1.74. The first kappa shape index (κ1) is 17.8. The maximum absolute atomic E-state index is 12.2. The normalized spacial score (nSPS) is 14.4. The number of ether oxygens (including phenoxy) is 1. The first-order chi connectivity index (χ1) is 12.9. The Morgan fingerprint density at radius 2 is 2.04 bits per heavy atom. The summed E-state index contributed by atoms with van der Waals surface area (Å²) >= 11 is 1.31. The van der Waals surface area contributed by atoms with Crippen LogP contribution in [0.25, 0.3) is 4.96 Å². The number of carbonyl (C=O) groups excluding carboxylic acids is 1. The van der Waals surface area contributed by atoms with Crippen molar-refractivity contribution in [1.29, 1.82) is 0 Å². The Morgan fingerprint density at radius 1 is 1.30 bits per heavy atom. The smallest absolute Gasteiger partial charge is 0.338 e. The second-order valence-corrected chi connectivity index (χ2v) is 8.72. The highest BCUT2D eigenvalue weighted by molar-refractivity contribution is 7.89. The molecule has 1 N–H and O–H groups in total. The van der Waals surface area contributed by atoms with Crippen molar-refractivity contribution >= 4 is 32.3 Å². The van der Waals surface area contributed by atoms with E-state index in [1.54, 1.807) is 11.6 Å². The molecule has 2 aromatic heterocycles. The lowest BCUT2D eigenvalue weighted by atomic mass is 10.2. The molecule has 0 unspecified atom stereocenters. The van der Waals surface area contributed by atoms with Gasteiger partial charge in [0.25, 0.3) is 5.56 Å². The number of esters is 1. The van der Waals surface area contributed by atoms with Gasteiger partial charge in [-0.15, -0.1) is 11.3 Å². The van der Waals surface area contributed by atoms with Crippen molar-refractivity contribution in [2.45, 2.75) is 30.4 Å². The van der Waals surface area contributed by atoms with Crippen LogP contribution in [0.15, 0.2) is 51.6 Å². The predicted molar refractivity (Wildman–Crippen MR) is 98.2 cm³/mol. The van der Waals surface area contributed by atoms with E-state index >= 15 is 0 Å². The molecule has 10 heteroatoms. The van der Waals surface area contributed by atoms with E-state index in [4.69, 9.17) is 4.74 Å². The van der Waals surface area contributed by atoms with Gasteiger partial charge >= 0.3 is 5.97 Å². The minimum atomic E-state index is -3.56. The number of nitrogens with zero attached hydrogens (tertiary/aromatic N) is 2. The molecule has 4 rings (SSSR count). The van der Waals surface area contributed by atoms with Crippen LogP contribution in [-0.4, -0.2) is 29.8 Å². The third-order valence-electron chi connectivity index (χ3n) is 4.01. The van der Waals surface area contributed by atoms with Crippen LogP contribution < -0.4 is 10.3 Å². The van der Waals surface area contributed by atoms with E-state index in [9.17, 15) is 18.0 Å². The van der Waals surface area contributed by atoms with Gasteiger partial charge in [0, 0.05) is 23.7 Å². The third kappa shape index (κ3) is 3.92. The Bertz CT molecular complexity index is 1160. The fourth-order valence-corrected chi connectivity index (χ4v) is 4.49. The zero-order chi connectivity index (χ0) is 19.0. The molecule has 140 valence electrons. The lowest BCUT2D eigenvalue weighted by Crippen LogP contribution is -2.25. The standard InChI is InChI=1S/C17H15N3O5S2/c21-15-9-13(18-17-20(15)7-8-26-17)10-25-16(22)11-1-5-14(6-2-11)27(23,24)19-12-3-4-12/h1-2,5-9,12,19H,3-4,10H2. The Morgan fingerprint density at radius 3 is 2.74 bits per heavy atom. The van der Waals surface area contributed by atoms with Gasteiger partial charge in [0.15, 0.2) is 4.96 Å². The van der Waals surface area contributed by atoms with Gasteiger partial charge in [0.1, 0.15) is 6.61 Å². The fraction of sp³-hybridized carbons (Fsp3) is 0.235. The summed E-state index contributed by atoms with van der Waals surface area (Å²) in [6.07, 6.45) is 3.32. The van der Waals surface area contributed by atoms with E-state index < -0.39 is 16.0 Å². The molecule has 0 amide bonds. The molecule has 0 aliphatic heterocycles. The van der Waals surface area contributed by atoms with Crippen LogP contribution in [-0.2, 0) is 21.4 Å². The van der Waals surface area contributed by atoms with Crippen LogP contribution in [0.1, 0.15) is 28.9 Å². The summed E-state index contributed by atoms with van der Waals surface area (Å²) in [5.74, 6) is -0.623. The van der Waals surface area contributed by atoms with E-state index in [-0.39, 0.29) is 28.7 Å². The highest BCUT2D eigenvalue weighted by Crippen LogP contribution is 2.22. The number of nitrogens with one attached hydrogen (secondary N) is 1. The number of hydrogen-bond donors (Lipinski definition) is 1. The average molecular weight is 405 g/mol. The molecule has 3 aromatic rings. The van der Waals surface area contributed by atoms with Crippen molar-refractivity contribution in [1.82, 2.24) is 14.1 Å². The van der Waals surface area contributed by atoms with Crippen molar-refractivity contribution in [3.05, 3.63) is 63.5 Å². The highest BCUT2D eigenvalue weighted by atomic mass is 32.2. The van der Waals surface area contributed by atoms with Crippen LogP contribution in [0.4, 0.5) is 0 Å². The van der Waals surface area contributed by atoms with E-state index in [1.807, 2.05) is 0 Å². The minimum Gasteiger partial charge on any atom is -0.456 e. The quantitative estimate of drug-likeness (QED) is 0.624. The van der Waals surface area contributed by atoms with Crippen molar-refractivity contribution in [3.63, 3.8) is 0 Å². The summed E-state index contributed by atoms with van der Waals surface area (Å²) in [7, 11) is -3.56. The van der Waals surface area contributed by atoms with Gasteiger partial charge < -0.3 is 4.74 Å². The first-order valence-electron chi connectivity index (χ1n) is 8.18. The van der Waals surface area contributed by atoms with Crippen molar-refractivity contribution < 1.29 is 17.9 Å². The summed E-state index contributed by atoms with van der Waals surface area (Å²) in [6, 6.07) is 6.85. The molecular weight excluding hydrogens is 390 g/mol. The molecule has 1 saturated carbocycles. The lowest BCUT2D eigenvalue weighted by Gasteiger charge is -2.07. The SMILES string of the molecule is O=C(OCc1cc(=O)n2ccsc2n1)c1ccc(S(=O)(=O)NC2CC2)cc1. The summed E-state index contributed by atoms with van der Waals surface area (Å²) in [4.78, 5) is 29.0. The summed E-state index contributed by atoms with van der Waals surface area (Å²) in [6.45, 7) is -0.147. The van der Waals surface area contributed by atoms with Gasteiger partial charge in [-0.05, 0) is 37.1 Å². The number of sulfonamides is 1. The second-order valence-electron chi connectivity index (χ2n) is 6.14. The average Bonchev–Trinajstić information content (AvgIpc) is 3.31. The number of benzene rings is 1. The van der Waals surface area contributed by atoms with E-state index in [1.165, 1.54) is 46.1 Å². The van der Waals surface area contributed by atoms with Gasteiger partial charge in [-0.2, -0.15) is 0 Å². The molecule has 27 heavy (non-hydrogen) atoms. The lowest BCUT2D eigenvalue weighted by molar-refractivity contribution is 0.0467. The number of fused-ring (bicyclic) bond motifs is 1. The highest BCUT2D eigenvalue weighted by Gasteiger charge is 2.28. The topological polar surface area (TPSA) is 107 Å². The molecule has 1 aromatic carbocycles. The minimum absolute atomic E-state index is 0.0110. The Labute approximate surface area is 158 Å². The van der Waals surface area contributed by atoms with Crippen molar-refractivity contribution in [2.24, 2.45) is 0 Å². The monoisotopic (exact) mass is 405 g/mol. The van der Waals surface area contributed by atoms with Crippen LogP contribution in [0.2, 0.25) is 0 Å². The van der Waals surface area contributed by atoms with Crippen LogP contribution in [0.5, 0.6) is 0 Å². The van der Waals surface area contributed by atoms with E-state index in [2.05, 4.69) is 9.71 Å². The molecule has 0 spiro atoms. The fourth-order valence-electron chi connectivity index (χ4n) is 2.44. The van der Waals surface area contributed by atoms with Gasteiger partial charge in [-0.3, -0.25) is 9.20 Å². The van der Waals surface area contributed by atoms with E-state index in [0.29, 0.717) is 10.7 Å². The van der Waals surface area contributed by atoms with Crippen molar-refractivity contribution in [2.75, 3.05) is 0 Å². The molecule has 0 radical (unpaired) electrons. The number of carbonyl (C=O) groups is 1. The van der Waals surface area contributed by atoms with Crippen LogP contribution >= 0.6 is 11.3 Å². The molecule has 0 saturated heterocycles. The molecule has 0 atom stereocenters. The van der Waals surface area contributed by atoms with Crippen LogP contribution in [0, 0.1) is 0 Å². The Kier molecular flexibility index (Phi) is 4.54. The molecule has 1 aliphatic rings. The van der Waals surface area contributed by atoms with Gasteiger partial charge in [0.05, 0.1) is 16.2 Å². The van der Waals surface area contributed by atoms with Gasteiger partial charge in [-0.25, -0.2) is 22.9 Å². The second kappa shape index (κ2) is 6.87. The maximum Gasteiger partial charge on any atom is 0.338 e. The summed E-state index contributed by atoms with van der Waals surface area (Å²) in [5.41, 5.74) is 0.322.